The van der Waals surface area contributed by atoms with Crippen LogP contribution in [0.1, 0.15) is 62.5 Å². The number of aryl methyl sites for hydroxylation is 1. The Morgan fingerprint density at radius 2 is 1.72 bits per heavy atom. The van der Waals surface area contributed by atoms with Crippen LogP contribution in [0.2, 0.25) is 0 Å². The van der Waals surface area contributed by atoms with Crippen molar-refractivity contribution in [2.45, 2.75) is 57.8 Å². The smallest absolute Gasteiger partial charge is 0.126 e. The van der Waals surface area contributed by atoms with Crippen LogP contribution in [0.3, 0.4) is 0 Å². The summed E-state index contributed by atoms with van der Waals surface area (Å²) in [5.74, 6) is 1.41. The summed E-state index contributed by atoms with van der Waals surface area (Å²) in [7, 11) is 0. The van der Waals surface area contributed by atoms with Gasteiger partial charge in [0.25, 0.3) is 0 Å². The SMILES string of the molecule is CCCC1CCC2c3ccc(-c4cc(F)cc(F)c4)cc3CCC2C1. The van der Waals surface area contributed by atoms with Crippen LogP contribution in [-0.4, -0.2) is 0 Å². The molecule has 132 valence electrons. The van der Waals surface area contributed by atoms with Crippen LogP contribution in [0.15, 0.2) is 36.4 Å². The minimum Gasteiger partial charge on any atom is -0.207 e. The summed E-state index contributed by atoms with van der Waals surface area (Å²) in [6.45, 7) is 2.29. The summed E-state index contributed by atoms with van der Waals surface area (Å²) >= 11 is 0. The van der Waals surface area contributed by atoms with Gasteiger partial charge in [-0.1, -0.05) is 38.0 Å². The number of rotatable bonds is 3. The Hall–Kier alpha value is -1.70. The molecule has 3 atom stereocenters. The van der Waals surface area contributed by atoms with Gasteiger partial charge in [0.05, 0.1) is 0 Å². The van der Waals surface area contributed by atoms with Gasteiger partial charge in [-0.15, -0.1) is 0 Å². The van der Waals surface area contributed by atoms with Gasteiger partial charge in [-0.2, -0.15) is 0 Å². The van der Waals surface area contributed by atoms with Crippen molar-refractivity contribution in [3.8, 4) is 11.1 Å². The van der Waals surface area contributed by atoms with Crippen LogP contribution in [0, 0.1) is 23.5 Å². The van der Waals surface area contributed by atoms with Crippen LogP contribution in [-0.2, 0) is 6.42 Å². The highest BCUT2D eigenvalue weighted by molar-refractivity contribution is 5.65. The Labute approximate surface area is 149 Å². The highest BCUT2D eigenvalue weighted by Gasteiger charge is 2.34. The molecule has 2 aliphatic rings. The van der Waals surface area contributed by atoms with E-state index in [0.717, 1.165) is 29.9 Å². The molecule has 2 aromatic carbocycles. The molecule has 0 radical (unpaired) electrons. The van der Waals surface area contributed by atoms with Crippen molar-refractivity contribution in [3.63, 3.8) is 0 Å². The van der Waals surface area contributed by atoms with Gasteiger partial charge in [0, 0.05) is 6.07 Å². The fourth-order valence-electron chi connectivity index (χ4n) is 5.19. The maximum absolute atomic E-state index is 13.5. The normalized spacial score (nSPS) is 25.3. The predicted molar refractivity (Wildman–Crippen MR) is 98.6 cm³/mol. The molecular weight excluding hydrogens is 314 g/mol. The zero-order valence-corrected chi connectivity index (χ0v) is 14.9. The number of hydrogen-bond donors (Lipinski definition) is 0. The third-order valence-electron chi connectivity index (χ3n) is 6.31. The second-order valence-electron chi connectivity index (χ2n) is 7.94. The second kappa shape index (κ2) is 6.90. The lowest BCUT2D eigenvalue weighted by Gasteiger charge is -2.40. The number of benzene rings is 2. The van der Waals surface area contributed by atoms with Gasteiger partial charge in [0.1, 0.15) is 11.6 Å². The summed E-state index contributed by atoms with van der Waals surface area (Å²) in [5, 5.41) is 0. The largest absolute Gasteiger partial charge is 0.207 e. The molecule has 1 fully saturated rings. The number of fused-ring (bicyclic) bond motifs is 3. The summed E-state index contributed by atoms with van der Waals surface area (Å²) in [6.07, 6.45) is 9.07. The van der Waals surface area contributed by atoms with Crippen molar-refractivity contribution in [1.29, 1.82) is 0 Å². The molecule has 0 amide bonds. The monoisotopic (exact) mass is 340 g/mol. The van der Waals surface area contributed by atoms with Crippen molar-refractivity contribution in [3.05, 3.63) is 59.2 Å². The van der Waals surface area contributed by atoms with Crippen LogP contribution in [0.25, 0.3) is 11.1 Å². The third-order valence-corrected chi connectivity index (χ3v) is 6.31. The van der Waals surface area contributed by atoms with Gasteiger partial charge in [-0.25, -0.2) is 8.78 Å². The standard InChI is InChI=1S/C23H26F2/c1-2-3-15-4-8-22-17(10-15)5-6-18-11-16(7-9-23(18)22)19-12-20(24)14-21(25)13-19/h7,9,11-15,17,22H,2-6,8,10H2,1H3. The van der Waals surface area contributed by atoms with E-state index in [1.54, 1.807) is 0 Å². The molecule has 0 nitrogen and oxygen atoms in total. The van der Waals surface area contributed by atoms with E-state index in [1.807, 2.05) is 6.07 Å². The lowest BCUT2D eigenvalue weighted by atomic mass is 9.64. The Bertz CT molecular complexity index is 744. The zero-order valence-electron chi connectivity index (χ0n) is 14.9. The van der Waals surface area contributed by atoms with Crippen molar-refractivity contribution in [1.82, 2.24) is 0 Å². The lowest BCUT2D eigenvalue weighted by molar-refractivity contribution is 0.201. The first kappa shape index (κ1) is 16.8. The molecule has 25 heavy (non-hydrogen) atoms. The lowest BCUT2D eigenvalue weighted by Crippen LogP contribution is -2.28. The summed E-state index contributed by atoms with van der Waals surface area (Å²) in [4.78, 5) is 0. The van der Waals surface area contributed by atoms with E-state index in [-0.39, 0.29) is 0 Å². The van der Waals surface area contributed by atoms with Crippen LogP contribution < -0.4 is 0 Å². The first-order valence-corrected chi connectivity index (χ1v) is 9.73. The van der Waals surface area contributed by atoms with E-state index in [2.05, 4.69) is 19.1 Å². The molecule has 0 N–H and O–H groups in total. The summed E-state index contributed by atoms with van der Waals surface area (Å²) in [6, 6.07) is 10.2. The quantitative estimate of drug-likeness (QED) is 0.571. The zero-order chi connectivity index (χ0) is 17.4. The molecule has 2 heteroatoms. The molecule has 4 rings (SSSR count). The molecule has 0 aromatic heterocycles. The van der Waals surface area contributed by atoms with Crippen LogP contribution >= 0.6 is 0 Å². The molecule has 2 aliphatic carbocycles. The third kappa shape index (κ3) is 3.36. The molecular formula is C23H26F2. The molecule has 0 saturated heterocycles. The highest BCUT2D eigenvalue weighted by Crippen LogP contribution is 2.48. The average molecular weight is 340 g/mol. The van der Waals surface area contributed by atoms with Gasteiger partial charge >= 0.3 is 0 Å². The van der Waals surface area contributed by atoms with E-state index in [0.29, 0.717) is 11.5 Å². The maximum atomic E-state index is 13.5. The number of hydrogen-bond acceptors (Lipinski definition) is 0. The van der Waals surface area contributed by atoms with E-state index >= 15 is 0 Å². The Morgan fingerprint density at radius 3 is 2.48 bits per heavy atom. The Morgan fingerprint density at radius 1 is 0.920 bits per heavy atom. The predicted octanol–water partition coefficient (Wildman–Crippen LogP) is 6.88. The summed E-state index contributed by atoms with van der Waals surface area (Å²) < 4.78 is 27.1. The molecule has 3 unspecified atom stereocenters. The minimum atomic E-state index is -0.512. The van der Waals surface area contributed by atoms with Crippen LogP contribution in [0.5, 0.6) is 0 Å². The van der Waals surface area contributed by atoms with Crippen molar-refractivity contribution in [2.75, 3.05) is 0 Å². The van der Waals surface area contributed by atoms with Crippen molar-refractivity contribution in [2.24, 2.45) is 11.8 Å². The topological polar surface area (TPSA) is 0 Å². The van der Waals surface area contributed by atoms with E-state index in [1.165, 1.54) is 61.8 Å². The maximum Gasteiger partial charge on any atom is 0.126 e. The van der Waals surface area contributed by atoms with Gasteiger partial charge in [0.2, 0.25) is 0 Å². The van der Waals surface area contributed by atoms with Gasteiger partial charge < -0.3 is 0 Å². The van der Waals surface area contributed by atoms with E-state index in [9.17, 15) is 8.78 Å². The van der Waals surface area contributed by atoms with E-state index in [4.69, 9.17) is 0 Å². The fourth-order valence-corrected chi connectivity index (χ4v) is 5.19. The molecule has 2 aromatic rings. The Balaban J connectivity index is 1.61. The second-order valence-corrected chi connectivity index (χ2v) is 7.94. The van der Waals surface area contributed by atoms with Gasteiger partial charge in [0.15, 0.2) is 0 Å². The number of halogens is 2. The molecule has 0 spiro atoms. The van der Waals surface area contributed by atoms with Crippen molar-refractivity contribution < 1.29 is 8.78 Å². The van der Waals surface area contributed by atoms with Crippen molar-refractivity contribution >= 4 is 0 Å². The molecule has 0 aliphatic heterocycles. The minimum absolute atomic E-state index is 0.512. The Kier molecular flexibility index (Phi) is 4.62. The van der Waals surface area contributed by atoms with Crippen LogP contribution in [0.4, 0.5) is 8.78 Å². The highest BCUT2D eigenvalue weighted by atomic mass is 19.1. The van der Waals surface area contributed by atoms with E-state index < -0.39 is 11.6 Å². The van der Waals surface area contributed by atoms with Gasteiger partial charge in [-0.05, 0) is 84.2 Å². The average Bonchev–Trinajstić information content (AvgIpc) is 2.60. The van der Waals surface area contributed by atoms with Gasteiger partial charge in [-0.3, -0.25) is 0 Å². The molecule has 0 bridgehead atoms. The fraction of sp³-hybridized carbons (Fsp3) is 0.478. The molecule has 0 heterocycles. The summed E-state index contributed by atoms with van der Waals surface area (Å²) in [5.41, 5.74) is 4.44. The first-order valence-electron chi connectivity index (χ1n) is 9.73. The first-order chi connectivity index (χ1) is 12.1. The molecule has 1 saturated carbocycles.